The normalized spacial score (nSPS) is 11.8. The first-order chi connectivity index (χ1) is 10.6. The van der Waals surface area contributed by atoms with E-state index in [0.29, 0.717) is 10.6 Å². The molecule has 0 aliphatic heterocycles. The lowest BCUT2D eigenvalue weighted by molar-refractivity contribution is -0.148. The average Bonchev–Trinajstić information content (AvgIpc) is 3.16. The fourth-order valence-corrected chi connectivity index (χ4v) is 2.87. The number of carbonyl (C=O) groups excluding carboxylic acids is 2. The number of anilines is 1. The van der Waals surface area contributed by atoms with E-state index in [1.165, 1.54) is 35.7 Å². The lowest BCUT2D eigenvalue weighted by Gasteiger charge is -2.11. The van der Waals surface area contributed by atoms with Crippen LogP contribution in [0.4, 0.5) is 5.00 Å². The minimum atomic E-state index is -0.950. The maximum Gasteiger partial charge on any atom is 0.331 e. The van der Waals surface area contributed by atoms with Crippen molar-refractivity contribution in [1.82, 2.24) is 0 Å². The number of esters is 1. The van der Waals surface area contributed by atoms with Crippen molar-refractivity contribution in [3.05, 3.63) is 45.5 Å². The Hall–Kier alpha value is -2.43. The number of rotatable bonds is 5. The lowest BCUT2D eigenvalue weighted by Crippen LogP contribution is -2.29. The molecule has 1 atom stereocenters. The number of thiophene rings is 2. The Bertz CT molecular complexity index is 726. The van der Waals surface area contributed by atoms with Gasteiger partial charge in [-0.05, 0) is 35.9 Å². The number of nitriles is 1. The van der Waals surface area contributed by atoms with Crippen LogP contribution < -0.4 is 5.32 Å². The van der Waals surface area contributed by atoms with Gasteiger partial charge >= 0.3 is 5.97 Å². The van der Waals surface area contributed by atoms with Crippen molar-refractivity contribution in [1.29, 1.82) is 5.26 Å². The van der Waals surface area contributed by atoms with E-state index in [1.54, 1.807) is 17.5 Å². The topological polar surface area (TPSA) is 79.2 Å². The van der Waals surface area contributed by atoms with Crippen LogP contribution in [0.2, 0.25) is 0 Å². The smallest absolute Gasteiger partial charge is 0.331 e. The summed E-state index contributed by atoms with van der Waals surface area (Å²) < 4.78 is 5.02. The van der Waals surface area contributed by atoms with Crippen LogP contribution in [0.3, 0.4) is 0 Å². The Balaban J connectivity index is 1.88. The third kappa shape index (κ3) is 4.28. The summed E-state index contributed by atoms with van der Waals surface area (Å²) in [6, 6.07) is 7.33. The Morgan fingerprint density at radius 3 is 2.86 bits per heavy atom. The van der Waals surface area contributed by atoms with E-state index in [-0.39, 0.29) is 0 Å². The van der Waals surface area contributed by atoms with E-state index in [9.17, 15) is 9.59 Å². The summed E-state index contributed by atoms with van der Waals surface area (Å²) in [6.07, 6.45) is 1.96. The van der Waals surface area contributed by atoms with Crippen molar-refractivity contribution >= 4 is 45.6 Å². The molecule has 0 aliphatic rings. The van der Waals surface area contributed by atoms with Gasteiger partial charge in [0.15, 0.2) is 6.10 Å². The zero-order valence-corrected chi connectivity index (χ0v) is 13.2. The van der Waals surface area contributed by atoms with Gasteiger partial charge in [0.25, 0.3) is 5.91 Å². The second-order valence-corrected chi connectivity index (χ2v) is 6.09. The van der Waals surface area contributed by atoms with Crippen molar-refractivity contribution in [3.63, 3.8) is 0 Å². The number of carbonyl (C=O) groups is 2. The van der Waals surface area contributed by atoms with Gasteiger partial charge in [-0.3, -0.25) is 4.79 Å². The largest absolute Gasteiger partial charge is 0.449 e. The molecule has 0 aromatic carbocycles. The van der Waals surface area contributed by atoms with E-state index in [4.69, 9.17) is 10.00 Å². The summed E-state index contributed by atoms with van der Waals surface area (Å²) in [5.41, 5.74) is 0.384. The van der Waals surface area contributed by atoms with Gasteiger partial charge in [0.05, 0.1) is 5.56 Å². The molecule has 0 saturated carbocycles. The third-order valence-electron chi connectivity index (χ3n) is 2.61. The van der Waals surface area contributed by atoms with E-state index < -0.39 is 18.0 Å². The molecular weight excluding hydrogens is 320 g/mol. The average molecular weight is 332 g/mol. The van der Waals surface area contributed by atoms with Gasteiger partial charge in [0.1, 0.15) is 11.1 Å². The zero-order valence-electron chi connectivity index (χ0n) is 11.6. The number of hydrogen-bond donors (Lipinski definition) is 1. The van der Waals surface area contributed by atoms with Crippen LogP contribution in [0.5, 0.6) is 0 Å². The first kappa shape index (κ1) is 15.9. The highest BCUT2D eigenvalue weighted by molar-refractivity contribution is 7.14. The van der Waals surface area contributed by atoms with Crippen LogP contribution >= 0.6 is 22.7 Å². The molecule has 2 heterocycles. The van der Waals surface area contributed by atoms with Crippen LogP contribution in [-0.4, -0.2) is 18.0 Å². The molecule has 1 N–H and O–H groups in total. The van der Waals surface area contributed by atoms with Crippen LogP contribution in [0, 0.1) is 11.3 Å². The summed E-state index contributed by atoms with van der Waals surface area (Å²) in [4.78, 5) is 24.5. The SMILES string of the molecule is C[C@@H](OC(=O)/C=C/c1cccs1)C(=O)Nc1sccc1C#N. The number of hydrogen-bond acceptors (Lipinski definition) is 6. The molecule has 0 fully saturated rings. The molecule has 0 unspecified atom stereocenters. The highest BCUT2D eigenvalue weighted by Crippen LogP contribution is 2.22. The molecule has 0 aliphatic carbocycles. The summed E-state index contributed by atoms with van der Waals surface area (Å²) in [5.74, 6) is -1.07. The quantitative estimate of drug-likeness (QED) is 0.673. The number of nitrogens with zero attached hydrogens (tertiary/aromatic N) is 1. The number of ether oxygens (including phenoxy) is 1. The Labute approximate surface area is 135 Å². The molecule has 2 aromatic heterocycles. The molecule has 112 valence electrons. The van der Waals surface area contributed by atoms with Crippen molar-refractivity contribution in [2.24, 2.45) is 0 Å². The first-order valence-electron chi connectivity index (χ1n) is 6.31. The third-order valence-corrected chi connectivity index (χ3v) is 4.28. The van der Waals surface area contributed by atoms with Crippen molar-refractivity contribution in [3.8, 4) is 6.07 Å². The predicted octanol–water partition coefficient (Wildman–Crippen LogP) is 3.26. The summed E-state index contributed by atoms with van der Waals surface area (Å²) >= 11 is 2.73. The van der Waals surface area contributed by atoms with Crippen molar-refractivity contribution in [2.45, 2.75) is 13.0 Å². The Morgan fingerprint density at radius 1 is 1.36 bits per heavy atom. The van der Waals surface area contributed by atoms with Crippen molar-refractivity contribution in [2.75, 3.05) is 5.32 Å². The molecule has 2 rings (SSSR count). The number of amides is 1. The molecule has 0 saturated heterocycles. The van der Waals surface area contributed by atoms with Crippen LogP contribution in [0.25, 0.3) is 6.08 Å². The van der Waals surface area contributed by atoms with E-state index in [2.05, 4.69) is 5.32 Å². The monoisotopic (exact) mass is 332 g/mol. The second kappa shape index (κ2) is 7.54. The van der Waals surface area contributed by atoms with Crippen LogP contribution in [0.15, 0.2) is 35.0 Å². The van der Waals surface area contributed by atoms with Gasteiger partial charge in [0, 0.05) is 11.0 Å². The van der Waals surface area contributed by atoms with Gasteiger partial charge in [-0.1, -0.05) is 6.07 Å². The lowest BCUT2D eigenvalue weighted by atomic mass is 10.3. The van der Waals surface area contributed by atoms with Gasteiger partial charge < -0.3 is 10.1 Å². The van der Waals surface area contributed by atoms with Gasteiger partial charge in [-0.25, -0.2) is 4.79 Å². The molecule has 0 spiro atoms. The maximum atomic E-state index is 11.9. The highest BCUT2D eigenvalue weighted by atomic mass is 32.1. The zero-order chi connectivity index (χ0) is 15.9. The molecule has 0 bridgehead atoms. The molecule has 0 radical (unpaired) electrons. The van der Waals surface area contributed by atoms with E-state index in [0.717, 1.165) is 4.88 Å². The first-order valence-corrected chi connectivity index (χ1v) is 8.06. The van der Waals surface area contributed by atoms with E-state index >= 15 is 0 Å². The molecule has 1 amide bonds. The summed E-state index contributed by atoms with van der Waals surface area (Å²) in [5, 5.41) is 15.5. The molecular formula is C15H12N2O3S2. The summed E-state index contributed by atoms with van der Waals surface area (Å²) in [7, 11) is 0. The predicted molar refractivity (Wildman–Crippen MR) is 86.6 cm³/mol. The van der Waals surface area contributed by atoms with Gasteiger partial charge in [-0.15, -0.1) is 22.7 Å². The van der Waals surface area contributed by atoms with Crippen LogP contribution in [0.1, 0.15) is 17.4 Å². The van der Waals surface area contributed by atoms with Crippen LogP contribution in [-0.2, 0) is 14.3 Å². The van der Waals surface area contributed by atoms with Gasteiger partial charge in [0.2, 0.25) is 0 Å². The van der Waals surface area contributed by atoms with E-state index in [1.807, 2.05) is 23.6 Å². The molecule has 5 nitrogen and oxygen atoms in total. The fourth-order valence-electron chi connectivity index (χ4n) is 1.51. The van der Waals surface area contributed by atoms with Gasteiger partial charge in [-0.2, -0.15) is 5.26 Å². The maximum absolute atomic E-state index is 11.9. The molecule has 2 aromatic rings. The fraction of sp³-hybridized carbons (Fsp3) is 0.133. The minimum absolute atomic E-state index is 0.384. The standard InChI is InChI=1S/C15H12N2O3S2/c1-10(14(19)17-15-11(9-16)6-8-22-15)20-13(18)5-4-12-3-2-7-21-12/h2-8,10H,1H3,(H,17,19)/b5-4+/t10-/m1/s1. The highest BCUT2D eigenvalue weighted by Gasteiger charge is 2.18. The Kier molecular flexibility index (Phi) is 5.47. The number of nitrogens with one attached hydrogen (secondary N) is 1. The minimum Gasteiger partial charge on any atom is -0.449 e. The van der Waals surface area contributed by atoms with Crippen molar-refractivity contribution < 1.29 is 14.3 Å². The molecule has 7 heteroatoms. The Morgan fingerprint density at radius 2 is 2.18 bits per heavy atom. The summed E-state index contributed by atoms with van der Waals surface area (Å²) in [6.45, 7) is 1.48. The molecule has 22 heavy (non-hydrogen) atoms. The second-order valence-electron chi connectivity index (χ2n) is 4.19.